The van der Waals surface area contributed by atoms with Crippen molar-refractivity contribution in [1.29, 1.82) is 0 Å². The summed E-state index contributed by atoms with van der Waals surface area (Å²) in [6.07, 6.45) is 3.46. The van der Waals surface area contributed by atoms with Crippen LogP contribution < -0.4 is 0 Å². The van der Waals surface area contributed by atoms with Crippen molar-refractivity contribution in [2.75, 3.05) is 0 Å². The minimum absolute atomic E-state index is 0.415. The largest absolute Gasteiger partial charge is 0.388 e. The average molecular weight is 251 g/mol. The van der Waals surface area contributed by atoms with E-state index in [1.165, 1.54) is 17.1 Å². The van der Waals surface area contributed by atoms with Gasteiger partial charge in [0.25, 0.3) is 0 Å². The van der Waals surface area contributed by atoms with Gasteiger partial charge in [-0.3, -0.25) is 4.98 Å². The summed E-state index contributed by atoms with van der Waals surface area (Å²) in [5.74, 6) is -0.415. The lowest BCUT2D eigenvalue weighted by Gasteiger charge is -2.08. The van der Waals surface area contributed by atoms with Gasteiger partial charge in [-0.2, -0.15) is 0 Å². The second-order valence-corrected chi connectivity index (χ2v) is 5.13. The number of aliphatic hydroxyl groups excluding tert-OH is 1. The van der Waals surface area contributed by atoms with Crippen LogP contribution in [0.3, 0.4) is 0 Å². The van der Waals surface area contributed by atoms with Gasteiger partial charge in [0.1, 0.15) is 5.82 Å². The van der Waals surface area contributed by atoms with Crippen LogP contribution in [0.2, 0.25) is 0 Å². The second kappa shape index (κ2) is 5.38. The number of aryl methyl sites for hydroxylation is 1. The molecule has 2 nitrogen and oxygen atoms in total. The van der Waals surface area contributed by atoms with E-state index in [0.29, 0.717) is 12.0 Å². The van der Waals surface area contributed by atoms with E-state index in [9.17, 15) is 9.50 Å². The molecule has 90 valence electrons. The summed E-state index contributed by atoms with van der Waals surface area (Å²) >= 11 is 1.69. The Labute approximate surface area is 104 Å². The first-order valence-corrected chi connectivity index (χ1v) is 6.36. The predicted octanol–water partition coefficient (Wildman–Crippen LogP) is 3.12. The van der Waals surface area contributed by atoms with Gasteiger partial charge in [0.15, 0.2) is 0 Å². The number of halogens is 1. The first-order valence-electron chi connectivity index (χ1n) is 5.55. The molecule has 0 aliphatic rings. The topological polar surface area (TPSA) is 33.1 Å². The third kappa shape index (κ3) is 3.11. The van der Waals surface area contributed by atoms with Crippen LogP contribution >= 0.6 is 11.3 Å². The predicted molar refractivity (Wildman–Crippen MR) is 66.6 cm³/mol. The highest BCUT2D eigenvalue weighted by molar-refractivity contribution is 7.11. The van der Waals surface area contributed by atoms with Crippen molar-refractivity contribution in [2.24, 2.45) is 0 Å². The molecular formula is C13H14FNOS. The Hall–Kier alpha value is -1.26. The molecule has 17 heavy (non-hydrogen) atoms. The Morgan fingerprint density at radius 3 is 2.76 bits per heavy atom. The van der Waals surface area contributed by atoms with Gasteiger partial charge < -0.3 is 5.11 Å². The van der Waals surface area contributed by atoms with Crippen LogP contribution in [0, 0.1) is 5.82 Å². The van der Waals surface area contributed by atoms with Gasteiger partial charge in [-0.05, 0) is 24.6 Å². The zero-order chi connectivity index (χ0) is 12.3. The zero-order valence-corrected chi connectivity index (χ0v) is 10.4. The summed E-state index contributed by atoms with van der Waals surface area (Å²) < 4.78 is 13.0. The molecule has 0 spiro atoms. The fourth-order valence-corrected chi connectivity index (χ4v) is 2.64. The molecule has 0 radical (unpaired) electrons. The third-order valence-electron chi connectivity index (χ3n) is 2.57. The van der Waals surface area contributed by atoms with Crippen molar-refractivity contribution >= 4 is 11.3 Å². The van der Waals surface area contributed by atoms with Crippen LogP contribution in [0.15, 0.2) is 30.6 Å². The highest BCUT2D eigenvalue weighted by Crippen LogP contribution is 2.24. The Kier molecular flexibility index (Phi) is 3.86. The zero-order valence-electron chi connectivity index (χ0n) is 9.56. The summed E-state index contributed by atoms with van der Waals surface area (Å²) in [4.78, 5) is 6.14. The van der Waals surface area contributed by atoms with Gasteiger partial charge in [0, 0.05) is 27.9 Å². The molecule has 0 aliphatic carbocycles. The molecule has 0 aliphatic heterocycles. The first-order chi connectivity index (χ1) is 8.19. The Morgan fingerprint density at radius 2 is 2.12 bits per heavy atom. The normalized spacial score (nSPS) is 12.6. The van der Waals surface area contributed by atoms with Gasteiger partial charge in [-0.1, -0.05) is 6.92 Å². The van der Waals surface area contributed by atoms with Gasteiger partial charge in [0.2, 0.25) is 0 Å². The molecular weight excluding hydrogens is 237 g/mol. The summed E-state index contributed by atoms with van der Waals surface area (Å²) in [5, 5.41) is 9.98. The van der Waals surface area contributed by atoms with Crippen molar-refractivity contribution in [2.45, 2.75) is 25.9 Å². The molecule has 2 heterocycles. The maximum atomic E-state index is 13.0. The monoisotopic (exact) mass is 251 g/mol. The maximum absolute atomic E-state index is 13.0. The number of thiophene rings is 1. The lowest BCUT2D eigenvalue weighted by molar-refractivity contribution is 0.178. The molecule has 0 aromatic carbocycles. The van der Waals surface area contributed by atoms with Crippen LogP contribution in [-0.4, -0.2) is 10.1 Å². The van der Waals surface area contributed by atoms with E-state index >= 15 is 0 Å². The standard InChI is InChI=1S/C13H14FNOS/c1-2-11-3-4-12(17-11)6-13(16)9-5-10(14)8-15-7-9/h3-5,7-8,13,16H,2,6H2,1H3. The number of hydrogen-bond donors (Lipinski definition) is 1. The molecule has 2 aromatic heterocycles. The highest BCUT2D eigenvalue weighted by Gasteiger charge is 2.11. The third-order valence-corrected chi connectivity index (χ3v) is 3.82. The lowest BCUT2D eigenvalue weighted by atomic mass is 10.1. The first kappa shape index (κ1) is 12.2. The van der Waals surface area contributed by atoms with Crippen molar-refractivity contribution in [3.8, 4) is 0 Å². The van der Waals surface area contributed by atoms with Gasteiger partial charge >= 0.3 is 0 Å². The molecule has 0 saturated heterocycles. The molecule has 1 N–H and O–H groups in total. The minimum Gasteiger partial charge on any atom is -0.388 e. The molecule has 1 atom stereocenters. The van der Waals surface area contributed by atoms with Gasteiger partial charge in [-0.15, -0.1) is 11.3 Å². The van der Waals surface area contributed by atoms with E-state index in [4.69, 9.17) is 0 Å². The summed E-state index contributed by atoms with van der Waals surface area (Å²) in [6, 6.07) is 5.40. The smallest absolute Gasteiger partial charge is 0.141 e. The molecule has 0 saturated carbocycles. The van der Waals surface area contributed by atoms with E-state index in [1.54, 1.807) is 11.3 Å². The van der Waals surface area contributed by atoms with Crippen molar-refractivity contribution < 1.29 is 9.50 Å². The van der Waals surface area contributed by atoms with Crippen LogP contribution in [-0.2, 0) is 12.8 Å². The number of aliphatic hydroxyl groups is 1. The van der Waals surface area contributed by atoms with Crippen LogP contribution in [0.1, 0.15) is 28.3 Å². The molecule has 0 fully saturated rings. The number of aromatic nitrogens is 1. The Morgan fingerprint density at radius 1 is 1.35 bits per heavy atom. The Balaban J connectivity index is 2.08. The molecule has 4 heteroatoms. The second-order valence-electron chi connectivity index (χ2n) is 3.88. The van der Waals surface area contributed by atoms with Crippen molar-refractivity contribution in [1.82, 2.24) is 4.98 Å². The fraction of sp³-hybridized carbons (Fsp3) is 0.308. The highest BCUT2D eigenvalue weighted by atomic mass is 32.1. The van der Waals surface area contributed by atoms with Crippen LogP contribution in [0.4, 0.5) is 4.39 Å². The van der Waals surface area contributed by atoms with E-state index in [1.807, 2.05) is 6.07 Å². The van der Waals surface area contributed by atoms with E-state index in [-0.39, 0.29) is 0 Å². The quantitative estimate of drug-likeness (QED) is 0.905. The van der Waals surface area contributed by atoms with Crippen LogP contribution in [0.25, 0.3) is 0 Å². The number of pyridine rings is 1. The molecule has 2 rings (SSSR count). The minimum atomic E-state index is -0.693. The number of rotatable bonds is 4. The lowest BCUT2D eigenvalue weighted by Crippen LogP contribution is -2.01. The van der Waals surface area contributed by atoms with Crippen molar-refractivity contribution in [3.05, 3.63) is 51.7 Å². The van der Waals surface area contributed by atoms with E-state index in [0.717, 1.165) is 17.5 Å². The maximum Gasteiger partial charge on any atom is 0.141 e. The SMILES string of the molecule is CCc1ccc(CC(O)c2cncc(F)c2)s1. The Bertz CT molecular complexity index is 498. The fourth-order valence-electron chi connectivity index (χ4n) is 1.64. The molecule has 0 bridgehead atoms. The average Bonchev–Trinajstić information content (AvgIpc) is 2.77. The summed E-state index contributed by atoms with van der Waals surface area (Å²) in [7, 11) is 0. The number of hydrogen-bond acceptors (Lipinski definition) is 3. The van der Waals surface area contributed by atoms with Gasteiger partial charge in [0.05, 0.1) is 12.3 Å². The number of nitrogens with zero attached hydrogens (tertiary/aromatic N) is 1. The van der Waals surface area contributed by atoms with Gasteiger partial charge in [-0.25, -0.2) is 4.39 Å². The molecule has 0 amide bonds. The van der Waals surface area contributed by atoms with E-state index in [2.05, 4.69) is 18.0 Å². The summed E-state index contributed by atoms with van der Waals surface area (Å²) in [6.45, 7) is 2.10. The van der Waals surface area contributed by atoms with Crippen molar-refractivity contribution in [3.63, 3.8) is 0 Å². The van der Waals surface area contributed by atoms with E-state index < -0.39 is 11.9 Å². The molecule has 2 aromatic rings. The van der Waals surface area contributed by atoms with Crippen LogP contribution in [0.5, 0.6) is 0 Å². The summed E-state index contributed by atoms with van der Waals surface area (Å²) in [5.41, 5.74) is 0.524. The molecule has 1 unspecified atom stereocenters.